The molecule has 0 spiro atoms. The summed E-state index contributed by atoms with van der Waals surface area (Å²) >= 11 is 1.48. The van der Waals surface area contributed by atoms with E-state index in [1.165, 1.54) is 28.2 Å². The Hall–Kier alpha value is -3.72. The van der Waals surface area contributed by atoms with Crippen LogP contribution in [0.25, 0.3) is 16.4 Å². The quantitative estimate of drug-likeness (QED) is 0.513. The van der Waals surface area contributed by atoms with E-state index in [1.54, 1.807) is 35.2 Å². The molecule has 2 aromatic carbocycles. The number of carbonyl (C=O) groups excluding carboxylic acids is 1. The highest BCUT2D eigenvalue weighted by molar-refractivity contribution is 7.13. The molecule has 0 unspecified atom stereocenters. The number of aromatic hydroxyl groups is 1. The first-order valence-corrected chi connectivity index (χ1v) is 11.1. The minimum Gasteiger partial charge on any atom is -0.508 e. The topological polar surface area (TPSA) is 74.5 Å². The lowest BCUT2D eigenvalue weighted by molar-refractivity contribution is 0.0734. The van der Waals surface area contributed by atoms with Gasteiger partial charge in [0.05, 0.1) is 10.6 Å². The van der Waals surface area contributed by atoms with E-state index < -0.39 is 0 Å². The molecule has 0 radical (unpaired) electrons. The summed E-state index contributed by atoms with van der Waals surface area (Å²) in [5.74, 6) is 0.171. The van der Waals surface area contributed by atoms with E-state index in [4.69, 9.17) is 0 Å². The van der Waals surface area contributed by atoms with Crippen LogP contribution in [0.4, 0.5) is 10.1 Å². The van der Waals surface area contributed by atoms with Crippen molar-refractivity contribution in [2.75, 3.05) is 31.1 Å². The molecule has 1 aliphatic heterocycles. The predicted octanol–water partition coefficient (Wildman–Crippen LogP) is 3.80. The van der Waals surface area contributed by atoms with Crippen LogP contribution in [0.15, 0.2) is 66.0 Å². The number of anilines is 1. The molecule has 1 fully saturated rings. The van der Waals surface area contributed by atoms with Gasteiger partial charge in [-0.25, -0.2) is 14.1 Å². The van der Waals surface area contributed by atoms with Gasteiger partial charge in [-0.2, -0.15) is 0 Å². The SMILES string of the molecule is O=C(c1nc(-c2cccs2)n(-c2cccc(F)c2)n1)N1CCN(c2cccc(O)c2)CC1. The molecule has 0 atom stereocenters. The van der Waals surface area contributed by atoms with Crippen molar-refractivity contribution in [1.82, 2.24) is 19.7 Å². The third kappa shape index (κ3) is 3.94. The third-order valence-corrected chi connectivity index (χ3v) is 6.22. The number of halogens is 1. The largest absolute Gasteiger partial charge is 0.508 e. The van der Waals surface area contributed by atoms with Gasteiger partial charge < -0.3 is 14.9 Å². The summed E-state index contributed by atoms with van der Waals surface area (Å²) in [5, 5.41) is 16.1. The number of phenolic OH excluding ortho intramolecular Hbond substituents is 1. The lowest BCUT2D eigenvalue weighted by Crippen LogP contribution is -2.49. The zero-order valence-electron chi connectivity index (χ0n) is 17.1. The Balaban J connectivity index is 1.39. The van der Waals surface area contributed by atoms with Gasteiger partial charge in [0, 0.05) is 37.9 Å². The number of nitrogens with zero attached hydrogens (tertiary/aromatic N) is 5. The molecule has 9 heteroatoms. The molecule has 0 aliphatic carbocycles. The Morgan fingerprint density at radius 2 is 1.75 bits per heavy atom. The number of aromatic nitrogens is 3. The van der Waals surface area contributed by atoms with Gasteiger partial charge >= 0.3 is 0 Å². The zero-order chi connectivity index (χ0) is 22.1. The molecule has 32 heavy (non-hydrogen) atoms. The second-order valence-corrected chi connectivity index (χ2v) is 8.37. The van der Waals surface area contributed by atoms with Gasteiger partial charge in [-0.15, -0.1) is 16.4 Å². The summed E-state index contributed by atoms with van der Waals surface area (Å²) in [4.78, 5) is 22.4. The zero-order valence-corrected chi connectivity index (χ0v) is 17.9. The molecule has 1 saturated heterocycles. The van der Waals surface area contributed by atoms with Crippen LogP contribution < -0.4 is 4.90 Å². The van der Waals surface area contributed by atoms with Crippen LogP contribution in [0.2, 0.25) is 0 Å². The fraction of sp³-hybridized carbons (Fsp3) is 0.174. The van der Waals surface area contributed by atoms with Crippen molar-refractivity contribution in [1.29, 1.82) is 0 Å². The Labute approximate surface area is 188 Å². The van der Waals surface area contributed by atoms with Crippen LogP contribution in [0.5, 0.6) is 5.75 Å². The van der Waals surface area contributed by atoms with Gasteiger partial charge in [0.15, 0.2) is 5.82 Å². The lowest BCUT2D eigenvalue weighted by atomic mass is 10.2. The van der Waals surface area contributed by atoms with Gasteiger partial charge in [0.25, 0.3) is 5.91 Å². The van der Waals surface area contributed by atoms with Gasteiger partial charge in [-0.3, -0.25) is 4.79 Å². The highest BCUT2D eigenvalue weighted by Crippen LogP contribution is 2.27. The average Bonchev–Trinajstić information content (AvgIpc) is 3.49. The van der Waals surface area contributed by atoms with E-state index in [0.29, 0.717) is 37.7 Å². The number of amides is 1. The summed E-state index contributed by atoms with van der Waals surface area (Å²) in [5.41, 5.74) is 1.43. The van der Waals surface area contributed by atoms with Gasteiger partial charge in [0.1, 0.15) is 11.6 Å². The molecule has 1 N–H and O–H groups in total. The van der Waals surface area contributed by atoms with Crippen molar-refractivity contribution in [2.45, 2.75) is 0 Å². The number of benzene rings is 2. The van der Waals surface area contributed by atoms with Crippen LogP contribution in [0, 0.1) is 5.82 Å². The van der Waals surface area contributed by atoms with Crippen molar-refractivity contribution >= 4 is 22.9 Å². The molecule has 2 aromatic heterocycles. The number of phenols is 1. The van der Waals surface area contributed by atoms with Crippen LogP contribution in [0.3, 0.4) is 0 Å². The minimum atomic E-state index is -0.383. The Morgan fingerprint density at radius 1 is 0.969 bits per heavy atom. The van der Waals surface area contributed by atoms with Crippen molar-refractivity contribution < 1.29 is 14.3 Å². The summed E-state index contributed by atoms with van der Waals surface area (Å²) < 4.78 is 15.3. The van der Waals surface area contributed by atoms with Crippen molar-refractivity contribution in [2.24, 2.45) is 0 Å². The molecule has 5 rings (SSSR count). The molecule has 3 heterocycles. The Morgan fingerprint density at radius 3 is 2.47 bits per heavy atom. The first-order valence-electron chi connectivity index (χ1n) is 10.2. The smallest absolute Gasteiger partial charge is 0.293 e. The molecule has 1 aliphatic rings. The number of piperazine rings is 1. The summed E-state index contributed by atoms with van der Waals surface area (Å²) in [6.07, 6.45) is 0. The molecule has 0 saturated carbocycles. The molecular weight excluding hydrogens is 429 g/mol. The maximum atomic E-state index is 13.8. The Bertz CT molecular complexity index is 1250. The summed E-state index contributed by atoms with van der Waals surface area (Å²) in [7, 11) is 0. The van der Waals surface area contributed by atoms with E-state index in [0.717, 1.165) is 10.6 Å². The first kappa shape index (κ1) is 20.2. The maximum Gasteiger partial charge on any atom is 0.293 e. The normalized spacial score (nSPS) is 14.0. The van der Waals surface area contributed by atoms with E-state index in [9.17, 15) is 14.3 Å². The highest BCUT2D eigenvalue weighted by atomic mass is 32.1. The maximum absolute atomic E-state index is 13.8. The predicted molar refractivity (Wildman–Crippen MR) is 121 cm³/mol. The number of carbonyl (C=O) groups is 1. The fourth-order valence-electron chi connectivity index (χ4n) is 3.75. The first-order chi connectivity index (χ1) is 15.6. The van der Waals surface area contributed by atoms with Crippen LogP contribution >= 0.6 is 11.3 Å². The second-order valence-electron chi connectivity index (χ2n) is 7.43. The second kappa shape index (κ2) is 8.43. The van der Waals surface area contributed by atoms with Crippen LogP contribution in [0.1, 0.15) is 10.6 Å². The van der Waals surface area contributed by atoms with Crippen molar-refractivity contribution in [3.63, 3.8) is 0 Å². The molecule has 4 aromatic rings. The summed E-state index contributed by atoms with van der Waals surface area (Å²) in [6.45, 7) is 2.30. The highest BCUT2D eigenvalue weighted by Gasteiger charge is 2.27. The van der Waals surface area contributed by atoms with Crippen LogP contribution in [-0.2, 0) is 0 Å². The van der Waals surface area contributed by atoms with E-state index in [-0.39, 0.29) is 23.3 Å². The standard InChI is InChI=1S/C23H20FN5O2S/c24-16-4-1-6-18(14-16)29-22(20-8-3-13-32-20)25-21(26-29)23(31)28-11-9-27(10-12-28)17-5-2-7-19(30)15-17/h1-8,13-15,30H,9-12H2. The minimum absolute atomic E-state index is 0.0865. The number of thiophene rings is 1. The van der Waals surface area contributed by atoms with Crippen LogP contribution in [-0.4, -0.2) is 56.9 Å². The van der Waals surface area contributed by atoms with Gasteiger partial charge in [-0.05, 0) is 41.8 Å². The fourth-order valence-corrected chi connectivity index (χ4v) is 4.45. The monoisotopic (exact) mass is 449 g/mol. The van der Waals surface area contributed by atoms with Crippen molar-refractivity contribution in [3.05, 3.63) is 77.7 Å². The molecule has 7 nitrogen and oxygen atoms in total. The average molecular weight is 450 g/mol. The van der Waals surface area contributed by atoms with E-state index in [2.05, 4.69) is 15.0 Å². The number of rotatable bonds is 4. The van der Waals surface area contributed by atoms with E-state index >= 15 is 0 Å². The van der Waals surface area contributed by atoms with Gasteiger partial charge in [-0.1, -0.05) is 18.2 Å². The number of hydrogen-bond acceptors (Lipinski definition) is 6. The third-order valence-electron chi connectivity index (χ3n) is 5.35. The van der Waals surface area contributed by atoms with E-state index in [1.807, 2.05) is 23.6 Å². The molecule has 162 valence electrons. The molecule has 1 amide bonds. The number of hydrogen-bond donors (Lipinski definition) is 1. The van der Waals surface area contributed by atoms with Crippen molar-refractivity contribution in [3.8, 4) is 22.1 Å². The molecular formula is C23H20FN5O2S. The molecule has 0 bridgehead atoms. The Kier molecular flexibility index (Phi) is 5.32. The summed E-state index contributed by atoms with van der Waals surface area (Å²) in [6, 6.07) is 17.0. The lowest BCUT2D eigenvalue weighted by Gasteiger charge is -2.35. The van der Waals surface area contributed by atoms with Gasteiger partial charge in [0.2, 0.25) is 5.82 Å².